The van der Waals surface area contributed by atoms with Crippen LogP contribution in [-0.2, 0) is 0 Å². The summed E-state index contributed by atoms with van der Waals surface area (Å²) < 4.78 is 1.81. The summed E-state index contributed by atoms with van der Waals surface area (Å²) in [6.07, 6.45) is 1.30. The Morgan fingerprint density at radius 2 is 1.88 bits per heavy atom. The van der Waals surface area contributed by atoms with Crippen LogP contribution >= 0.6 is 0 Å². The van der Waals surface area contributed by atoms with Gasteiger partial charge in [-0.25, -0.2) is 4.68 Å². The molecule has 0 saturated carbocycles. The molecule has 1 fully saturated rings. The molecule has 1 saturated heterocycles. The average Bonchev–Trinajstić information content (AvgIpc) is 2.96. The van der Waals surface area contributed by atoms with Crippen LogP contribution in [0, 0.1) is 18.8 Å². The van der Waals surface area contributed by atoms with Gasteiger partial charge in [0.25, 0.3) is 5.91 Å². The molecule has 0 aliphatic carbocycles. The molecule has 1 aliphatic heterocycles. The first-order valence-electron chi connectivity index (χ1n) is 9.57. The largest absolute Gasteiger partial charge is 0.347 e. The number of rotatable bonds is 5. The lowest BCUT2D eigenvalue weighted by atomic mass is 9.92. The lowest BCUT2D eigenvalue weighted by Crippen LogP contribution is -2.47. The quantitative estimate of drug-likeness (QED) is 0.896. The minimum absolute atomic E-state index is 0.0992. The van der Waals surface area contributed by atoms with Crippen LogP contribution in [0.25, 0.3) is 5.69 Å². The van der Waals surface area contributed by atoms with Crippen molar-refractivity contribution in [2.45, 2.75) is 40.2 Å². The highest BCUT2D eigenvalue weighted by molar-refractivity contribution is 5.92. The van der Waals surface area contributed by atoms with E-state index in [1.165, 1.54) is 6.42 Å². The van der Waals surface area contributed by atoms with E-state index in [1.807, 2.05) is 48.0 Å². The van der Waals surface area contributed by atoms with Crippen molar-refractivity contribution in [1.82, 2.24) is 20.0 Å². The standard InChI is InChI=1S/C21H30N4O/c1-15-10-16(2)13-24(12-15)14-17(3)22-21(26)20-11-18(4)25(23-20)19-8-6-5-7-9-19/h5-9,11,15-17H,10,12-14H2,1-4H3,(H,22,26). The van der Waals surface area contributed by atoms with Crippen LogP contribution < -0.4 is 5.32 Å². The second-order valence-electron chi connectivity index (χ2n) is 7.96. The smallest absolute Gasteiger partial charge is 0.272 e. The van der Waals surface area contributed by atoms with Crippen LogP contribution in [0.15, 0.2) is 36.4 Å². The molecule has 3 rings (SSSR count). The van der Waals surface area contributed by atoms with Gasteiger partial charge >= 0.3 is 0 Å². The first-order chi connectivity index (χ1) is 12.4. The number of likely N-dealkylation sites (tertiary alicyclic amines) is 1. The van der Waals surface area contributed by atoms with E-state index in [-0.39, 0.29) is 11.9 Å². The third-order valence-electron chi connectivity index (χ3n) is 4.97. The normalized spacial score (nSPS) is 22.2. The summed E-state index contributed by atoms with van der Waals surface area (Å²) in [6, 6.07) is 11.8. The summed E-state index contributed by atoms with van der Waals surface area (Å²) in [5, 5.41) is 7.60. The molecule has 2 heterocycles. The average molecular weight is 354 g/mol. The number of piperidine rings is 1. The van der Waals surface area contributed by atoms with E-state index < -0.39 is 0 Å². The summed E-state index contributed by atoms with van der Waals surface area (Å²) in [4.78, 5) is 15.1. The van der Waals surface area contributed by atoms with Crippen molar-refractivity contribution in [2.75, 3.05) is 19.6 Å². The van der Waals surface area contributed by atoms with Gasteiger partial charge in [0.05, 0.1) is 5.69 Å². The molecule has 0 spiro atoms. The highest BCUT2D eigenvalue weighted by Crippen LogP contribution is 2.21. The molecule has 2 aromatic rings. The zero-order valence-electron chi connectivity index (χ0n) is 16.3. The molecule has 3 unspecified atom stereocenters. The number of amides is 1. The number of nitrogens with one attached hydrogen (secondary N) is 1. The topological polar surface area (TPSA) is 50.2 Å². The van der Waals surface area contributed by atoms with Gasteiger partial charge in [-0.2, -0.15) is 5.10 Å². The maximum atomic E-state index is 12.6. The van der Waals surface area contributed by atoms with Gasteiger partial charge in [-0.1, -0.05) is 32.0 Å². The van der Waals surface area contributed by atoms with Crippen LogP contribution in [0.2, 0.25) is 0 Å². The number of para-hydroxylation sites is 1. The number of nitrogens with zero attached hydrogens (tertiary/aromatic N) is 3. The zero-order valence-corrected chi connectivity index (χ0v) is 16.3. The van der Waals surface area contributed by atoms with Crippen LogP contribution in [0.3, 0.4) is 0 Å². The molecule has 0 bridgehead atoms. The number of benzene rings is 1. The Bertz CT molecular complexity index is 730. The summed E-state index contributed by atoms with van der Waals surface area (Å²) >= 11 is 0. The SMILES string of the molecule is Cc1cc(C(=O)NC(C)CN2CC(C)CC(C)C2)nn1-c1ccccc1. The Morgan fingerprint density at radius 1 is 1.23 bits per heavy atom. The number of carbonyl (C=O) groups excluding carboxylic acids is 1. The minimum Gasteiger partial charge on any atom is -0.347 e. The molecule has 140 valence electrons. The molecule has 5 heteroatoms. The first-order valence-corrected chi connectivity index (χ1v) is 9.57. The second kappa shape index (κ2) is 8.04. The van der Waals surface area contributed by atoms with E-state index in [1.54, 1.807) is 0 Å². The number of hydrogen-bond acceptors (Lipinski definition) is 3. The molecule has 5 nitrogen and oxygen atoms in total. The van der Waals surface area contributed by atoms with E-state index in [0.29, 0.717) is 5.69 Å². The van der Waals surface area contributed by atoms with Crippen molar-refractivity contribution < 1.29 is 4.79 Å². The van der Waals surface area contributed by atoms with Crippen molar-refractivity contribution in [3.63, 3.8) is 0 Å². The highest BCUT2D eigenvalue weighted by atomic mass is 16.2. The fourth-order valence-corrected chi connectivity index (χ4v) is 4.09. The molecule has 0 radical (unpaired) electrons. The van der Waals surface area contributed by atoms with Gasteiger partial charge < -0.3 is 10.2 Å². The number of aryl methyl sites for hydroxylation is 1. The van der Waals surface area contributed by atoms with Gasteiger partial charge in [0, 0.05) is 31.4 Å². The fraction of sp³-hybridized carbons (Fsp3) is 0.524. The van der Waals surface area contributed by atoms with E-state index in [2.05, 4.69) is 36.1 Å². The van der Waals surface area contributed by atoms with Crippen molar-refractivity contribution in [3.05, 3.63) is 47.8 Å². The van der Waals surface area contributed by atoms with Crippen molar-refractivity contribution in [3.8, 4) is 5.69 Å². The van der Waals surface area contributed by atoms with Gasteiger partial charge in [-0.05, 0) is 50.3 Å². The van der Waals surface area contributed by atoms with E-state index in [0.717, 1.165) is 42.9 Å². The van der Waals surface area contributed by atoms with Gasteiger partial charge in [-0.15, -0.1) is 0 Å². The third kappa shape index (κ3) is 4.52. The summed E-state index contributed by atoms with van der Waals surface area (Å²) in [5.41, 5.74) is 2.39. The predicted molar refractivity (Wildman–Crippen MR) is 105 cm³/mol. The van der Waals surface area contributed by atoms with Crippen molar-refractivity contribution in [1.29, 1.82) is 0 Å². The molecule has 26 heavy (non-hydrogen) atoms. The molecular formula is C21H30N4O. The molecule has 3 atom stereocenters. The summed E-state index contributed by atoms with van der Waals surface area (Å²) in [7, 11) is 0. The van der Waals surface area contributed by atoms with Gasteiger partial charge in [0.15, 0.2) is 5.69 Å². The lowest BCUT2D eigenvalue weighted by molar-refractivity contribution is 0.0899. The summed E-state index contributed by atoms with van der Waals surface area (Å²) in [5.74, 6) is 1.35. The second-order valence-corrected chi connectivity index (χ2v) is 7.96. The number of hydrogen-bond donors (Lipinski definition) is 1. The highest BCUT2D eigenvalue weighted by Gasteiger charge is 2.24. The Balaban J connectivity index is 1.61. The molecule has 1 aliphatic rings. The molecule has 1 amide bonds. The van der Waals surface area contributed by atoms with Crippen molar-refractivity contribution in [2.24, 2.45) is 11.8 Å². The van der Waals surface area contributed by atoms with Crippen LogP contribution in [0.5, 0.6) is 0 Å². The molecule has 1 N–H and O–H groups in total. The Kier molecular flexibility index (Phi) is 5.77. The van der Waals surface area contributed by atoms with Crippen LogP contribution in [0.1, 0.15) is 43.4 Å². The van der Waals surface area contributed by atoms with E-state index in [9.17, 15) is 4.79 Å². The summed E-state index contributed by atoms with van der Waals surface area (Å²) in [6.45, 7) is 11.8. The van der Waals surface area contributed by atoms with Crippen molar-refractivity contribution >= 4 is 5.91 Å². The fourth-order valence-electron chi connectivity index (χ4n) is 4.09. The van der Waals surface area contributed by atoms with E-state index >= 15 is 0 Å². The lowest BCUT2D eigenvalue weighted by Gasteiger charge is -2.36. The third-order valence-corrected chi connectivity index (χ3v) is 4.97. The Morgan fingerprint density at radius 3 is 2.54 bits per heavy atom. The predicted octanol–water partition coefficient (Wildman–Crippen LogP) is 3.28. The minimum atomic E-state index is -0.103. The Hall–Kier alpha value is -2.14. The maximum absolute atomic E-state index is 12.6. The first kappa shape index (κ1) is 18.6. The molecular weight excluding hydrogens is 324 g/mol. The van der Waals surface area contributed by atoms with Gasteiger partial charge in [0.2, 0.25) is 0 Å². The monoisotopic (exact) mass is 354 g/mol. The number of aromatic nitrogens is 2. The van der Waals surface area contributed by atoms with Gasteiger partial charge in [-0.3, -0.25) is 4.79 Å². The van der Waals surface area contributed by atoms with Crippen LogP contribution in [-0.4, -0.2) is 46.3 Å². The van der Waals surface area contributed by atoms with Crippen LogP contribution in [0.4, 0.5) is 0 Å². The zero-order chi connectivity index (χ0) is 18.7. The Labute approximate surface area is 156 Å². The van der Waals surface area contributed by atoms with E-state index in [4.69, 9.17) is 0 Å². The maximum Gasteiger partial charge on any atom is 0.272 e. The molecule has 1 aromatic carbocycles. The number of carbonyl (C=O) groups is 1. The molecule has 1 aromatic heterocycles. The van der Waals surface area contributed by atoms with Gasteiger partial charge in [0.1, 0.15) is 0 Å².